The number of rotatable bonds is 1. The Morgan fingerprint density at radius 3 is 2.40 bits per heavy atom. The van der Waals surface area contributed by atoms with Crippen LogP contribution in [-0.4, -0.2) is 18.5 Å². The molecule has 0 amide bonds. The zero-order chi connectivity index (χ0) is 7.61. The van der Waals surface area contributed by atoms with Crippen molar-refractivity contribution in [2.24, 2.45) is 0 Å². The fourth-order valence-electron chi connectivity index (χ4n) is 1.39. The summed E-state index contributed by atoms with van der Waals surface area (Å²) in [5.74, 6) is 0. The molecule has 0 saturated heterocycles. The molecule has 3 heteroatoms. The third-order valence-corrected chi connectivity index (χ3v) is 2.80. The van der Waals surface area contributed by atoms with E-state index in [4.69, 9.17) is 0 Å². The van der Waals surface area contributed by atoms with Gasteiger partial charge >= 0.3 is 0 Å². The Hall–Kier alpha value is 0.320. The van der Waals surface area contributed by atoms with Crippen LogP contribution in [0.5, 0.6) is 0 Å². The lowest BCUT2D eigenvalue weighted by Crippen LogP contribution is -2.34. The highest BCUT2D eigenvalue weighted by Crippen LogP contribution is 2.36. The van der Waals surface area contributed by atoms with Gasteiger partial charge in [0, 0.05) is 6.04 Å². The molecule has 10 heavy (non-hydrogen) atoms. The van der Waals surface area contributed by atoms with Gasteiger partial charge in [0.15, 0.2) is 0 Å². The second kappa shape index (κ2) is 3.15. The van der Waals surface area contributed by atoms with E-state index in [1.807, 2.05) is 7.05 Å². The summed E-state index contributed by atoms with van der Waals surface area (Å²) in [7, 11) is 4.25. The van der Waals surface area contributed by atoms with Crippen LogP contribution >= 0.6 is 9.24 Å². The normalized spacial score (nSPS) is 41.7. The van der Waals surface area contributed by atoms with E-state index in [0.29, 0.717) is 18.9 Å². The van der Waals surface area contributed by atoms with Gasteiger partial charge in [0.05, 0.1) is 0 Å². The molecule has 1 nitrogen and oxygen atoms in total. The van der Waals surface area contributed by atoms with Crippen LogP contribution in [0.4, 0.5) is 4.39 Å². The Morgan fingerprint density at radius 1 is 1.50 bits per heavy atom. The molecule has 0 bridgehead atoms. The lowest BCUT2D eigenvalue weighted by atomic mass is 9.93. The Labute approximate surface area is 64.0 Å². The smallest absolute Gasteiger partial charge is 0.124 e. The molecule has 1 aliphatic carbocycles. The van der Waals surface area contributed by atoms with E-state index in [-0.39, 0.29) is 0 Å². The molecule has 0 aromatic carbocycles. The molecule has 1 N–H and O–H groups in total. The first-order valence-electron chi connectivity index (χ1n) is 3.79. The molecule has 1 rings (SSSR count). The third kappa shape index (κ3) is 2.17. The van der Waals surface area contributed by atoms with E-state index in [1.54, 1.807) is 0 Å². The summed E-state index contributed by atoms with van der Waals surface area (Å²) < 4.78 is 13.1. The first-order chi connectivity index (χ1) is 4.64. The Morgan fingerprint density at radius 2 is 2.00 bits per heavy atom. The maximum absolute atomic E-state index is 13.1. The molecule has 1 unspecified atom stereocenters. The Bertz CT molecular complexity index is 106. The van der Waals surface area contributed by atoms with Crippen molar-refractivity contribution in [3.05, 3.63) is 0 Å². The van der Waals surface area contributed by atoms with Gasteiger partial charge in [-0.2, -0.15) is 0 Å². The fourth-order valence-corrected chi connectivity index (χ4v) is 1.72. The molecular formula is C7H15FNP. The van der Waals surface area contributed by atoms with E-state index in [0.717, 1.165) is 12.8 Å². The van der Waals surface area contributed by atoms with E-state index in [2.05, 4.69) is 14.6 Å². The molecule has 0 aromatic rings. The summed E-state index contributed by atoms with van der Waals surface area (Å²) in [4.78, 5) is 0. The van der Waals surface area contributed by atoms with Crippen LogP contribution in [0.25, 0.3) is 0 Å². The average Bonchev–Trinajstić information content (AvgIpc) is 1.88. The van der Waals surface area contributed by atoms with Gasteiger partial charge in [0.1, 0.15) is 5.41 Å². The summed E-state index contributed by atoms with van der Waals surface area (Å²) in [5, 5.41) is 2.20. The van der Waals surface area contributed by atoms with E-state index < -0.39 is 5.41 Å². The standard InChI is InChI=1S/C7H15FNP/c1-9-6-2-4-7(8,10)5-3-6/h6,9H,2-5,10H2,1H3. The molecule has 1 aliphatic rings. The number of hydrogen-bond donors (Lipinski definition) is 1. The lowest BCUT2D eigenvalue weighted by Gasteiger charge is -2.30. The summed E-state index contributed by atoms with van der Waals surface area (Å²) in [5.41, 5.74) is 0. The largest absolute Gasteiger partial charge is 0.317 e. The van der Waals surface area contributed by atoms with Crippen molar-refractivity contribution >= 4 is 9.24 Å². The second-order valence-electron chi connectivity index (χ2n) is 3.10. The molecule has 0 radical (unpaired) electrons. The van der Waals surface area contributed by atoms with Crippen molar-refractivity contribution in [2.75, 3.05) is 7.05 Å². The number of hydrogen-bond acceptors (Lipinski definition) is 1. The van der Waals surface area contributed by atoms with Crippen LogP contribution < -0.4 is 5.32 Å². The molecule has 1 fully saturated rings. The summed E-state index contributed by atoms with van der Waals surface area (Å²) in [6.45, 7) is 0. The molecule has 0 aliphatic heterocycles. The molecule has 0 heterocycles. The topological polar surface area (TPSA) is 12.0 Å². The maximum Gasteiger partial charge on any atom is 0.124 e. The predicted molar refractivity (Wildman–Crippen MR) is 44.9 cm³/mol. The van der Waals surface area contributed by atoms with Gasteiger partial charge in [-0.3, -0.25) is 0 Å². The highest BCUT2D eigenvalue weighted by molar-refractivity contribution is 7.18. The van der Waals surface area contributed by atoms with Gasteiger partial charge in [-0.25, -0.2) is 4.39 Å². The Balaban J connectivity index is 2.31. The number of nitrogens with one attached hydrogen (secondary N) is 1. The van der Waals surface area contributed by atoms with Crippen molar-refractivity contribution in [1.29, 1.82) is 0 Å². The minimum absolute atomic E-state index is 0.546. The van der Waals surface area contributed by atoms with E-state index in [1.165, 1.54) is 0 Å². The highest BCUT2D eigenvalue weighted by atomic mass is 31.0. The first-order valence-corrected chi connectivity index (χ1v) is 4.37. The van der Waals surface area contributed by atoms with Crippen LogP contribution in [0.15, 0.2) is 0 Å². The fraction of sp³-hybridized carbons (Fsp3) is 1.00. The SMILES string of the molecule is CNC1CCC(F)(P)CC1. The zero-order valence-corrected chi connectivity index (χ0v) is 7.52. The highest BCUT2D eigenvalue weighted by Gasteiger charge is 2.29. The van der Waals surface area contributed by atoms with Crippen molar-refractivity contribution in [3.63, 3.8) is 0 Å². The summed E-state index contributed by atoms with van der Waals surface area (Å²) >= 11 is 0. The average molecular weight is 163 g/mol. The van der Waals surface area contributed by atoms with Crippen molar-refractivity contribution in [1.82, 2.24) is 5.32 Å². The van der Waals surface area contributed by atoms with Gasteiger partial charge in [0.2, 0.25) is 0 Å². The molecule has 0 spiro atoms. The van der Waals surface area contributed by atoms with Gasteiger partial charge in [-0.05, 0) is 32.7 Å². The van der Waals surface area contributed by atoms with Gasteiger partial charge in [0.25, 0.3) is 0 Å². The molecular weight excluding hydrogens is 148 g/mol. The quantitative estimate of drug-likeness (QED) is 0.580. The minimum Gasteiger partial charge on any atom is -0.317 e. The maximum atomic E-state index is 13.1. The van der Waals surface area contributed by atoms with Crippen molar-refractivity contribution in [2.45, 2.75) is 37.1 Å². The molecule has 0 aromatic heterocycles. The molecule has 1 saturated carbocycles. The number of alkyl halides is 1. The second-order valence-corrected chi connectivity index (χ2v) is 4.13. The third-order valence-electron chi connectivity index (χ3n) is 2.23. The van der Waals surface area contributed by atoms with Crippen LogP contribution in [0.3, 0.4) is 0 Å². The van der Waals surface area contributed by atoms with E-state index >= 15 is 0 Å². The van der Waals surface area contributed by atoms with Gasteiger partial charge in [-0.15, -0.1) is 0 Å². The van der Waals surface area contributed by atoms with Crippen LogP contribution in [0.2, 0.25) is 0 Å². The lowest BCUT2D eigenvalue weighted by molar-refractivity contribution is 0.189. The first kappa shape index (κ1) is 8.42. The zero-order valence-electron chi connectivity index (χ0n) is 6.36. The van der Waals surface area contributed by atoms with Crippen molar-refractivity contribution in [3.8, 4) is 0 Å². The number of halogens is 1. The predicted octanol–water partition coefficient (Wildman–Crippen LogP) is 1.69. The van der Waals surface area contributed by atoms with Gasteiger partial charge in [-0.1, -0.05) is 9.24 Å². The van der Waals surface area contributed by atoms with Crippen LogP contribution in [0, 0.1) is 0 Å². The minimum atomic E-state index is -0.965. The van der Waals surface area contributed by atoms with Crippen LogP contribution in [0.1, 0.15) is 25.7 Å². The van der Waals surface area contributed by atoms with Crippen LogP contribution in [-0.2, 0) is 0 Å². The monoisotopic (exact) mass is 163 g/mol. The Kier molecular flexibility index (Phi) is 2.65. The van der Waals surface area contributed by atoms with Crippen molar-refractivity contribution < 1.29 is 4.39 Å². The molecule has 60 valence electrons. The van der Waals surface area contributed by atoms with E-state index in [9.17, 15) is 4.39 Å². The van der Waals surface area contributed by atoms with Gasteiger partial charge < -0.3 is 5.32 Å². The summed E-state index contributed by atoms with van der Waals surface area (Å²) in [6.07, 6.45) is 3.30. The summed E-state index contributed by atoms with van der Waals surface area (Å²) in [6, 6.07) is 0.546. The molecule has 1 atom stereocenters.